The zero-order valence-electron chi connectivity index (χ0n) is 17.4. The summed E-state index contributed by atoms with van der Waals surface area (Å²) in [5.41, 5.74) is 5.66. The molecule has 0 N–H and O–H groups in total. The van der Waals surface area contributed by atoms with Crippen LogP contribution in [0.15, 0.2) is 132 Å². The Morgan fingerprint density at radius 2 is 1.00 bits per heavy atom. The van der Waals surface area contributed by atoms with Crippen LogP contribution in [0.2, 0.25) is 0 Å². The largest absolute Gasteiger partial charge is 3.00 e. The first-order valence-corrected chi connectivity index (χ1v) is 9.61. The Morgan fingerprint density at radius 3 is 1.53 bits per heavy atom. The van der Waals surface area contributed by atoms with Gasteiger partial charge in [-0.15, -0.1) is 11.4 Å². The van der Waals surface area contributed by atoms with Gasteiger partial charge < -0.3 is 30.1 Å². The minimum atomic E-state index is 0. The number of halogens is 2. The second kappa shape index (κ2) is 14.4. The molecule has 156 valence electrons. The SMILES string of the molecule is C(/C(=Nc1ccccc1)c1ccccc1)=C(\[N-]c1ccccc1)c1ccccc1.[Cl-].[Cl-].[Ga+3]. The van der Waals surface area contributed by atoms with E-state index in [1.165, 1.54) is 0 Å². The van der Waals surface area contributed by atoms with Crippen molar-refractivity contribution in [2.45, 2.75) is 0 Å². The van der Waals surface area contributed by atoms with Crippen LogP contribution in [-0.2, 0) is 0 Å². The van der Waals surface area contributed by atoms with Gasteiger partial charge in [-0.3, -0.25) is 0 Å². The van der Waals surface area contributed by atoms with Gasteiger partial charge in [0.25, 0.3) is 0 Å². The maximum atomic E-state index is 4.92. The molecule has 0 aromatic heterocycles. The molecule has 0 spiro atoms. The van der Waals surface area contributed by atoms with Gasteiger partial charge in [-0.25, -0.2) is 4.99 Å². The summed E-state index contributed by atoms with van der Waals surface area (Å²) in [7, 11) is 0. The topological polar surface area (TPSA) is 26.5 Å². The fourth-order valence-electron chi connectivity index (χ4n) is 2.99. The third-order valence-electron chi connectivity index (χ3n) is 4.42. The van der Waals surface area contributed by atoms with Gasteiger partial charge in [0.2, 0.25) is 0 Å². The number of hydrogen-bond donors (Lipinski definition) is 0. The number of hydrogen-bond acceptors (Lipinski definition) is 1. The average Bonchev–Trinajstić information content (AvgIpc) is 2.81. The predicted octanol–water partition coefficient (Wildman–Crippen LogP) is 1.18. The van der Waals surface area contributed by atoms with Gasteiger partial charge in [0.15, 0.2) is 0 Å². The number of aliphatic imine (C=N–C) groups is 1. The Balaban J connectivity index is 0.00000171. The summed E-state index contributed by atoms with van der Waals surface area (Å²) < 4.78 is 0. The standard InChI is InChI=1S/C27H21N2.2ClH.Ga/c1-5-13-22(14-6-1)26(28-24-17-9-3-10-18-24)21-27(23-15-7-2-8-16-23)29-25-19-11-4-12-20-25;;;/h1-21H;2*1H;/q-1;;;+3/p-2/b26-21+,29-27?;;;. The number of para-hydroxylation sites is 2. The van der Waals surface area contributed by atoms with E-state index in [1.54, 1.807) is 0 Å². The summed E-state index contributed by atoms with van der Waals surface area (Å²) in [6, 6.07) is 40.4. The third kappa shape index (κ3) is 7.77. The Morgan fingerprint density at radius 1 is 0.562 bits per heavy atom. The molecule has 2 nitrogen and oxygen atoms in total. The maximum absolute atomic E-state index is 4.92. The van der Waals surface area contributed by atoms with Crippen molar-refractivity contribution in [2.24, 2.45) is 4.99 Å². The van der Waals surface area contributed by atoms with E-state index >= 15 is 0 Å². The van der Waals surface area contributed by atoms with Crippen molar-refractivity contribution < 1.29 is 24.8 Å². The second-order valence-corrected chi connectivity index (χ2v) is 6.54. The number of benzene rings is 4. The van der Waals surface area contributed by atoms with Crippen molar-refractivity contribution in [3.63, 3.8) is 0 Å². The molecule has 0 amide bonds. The van der Waals surface area contributed by atoms with E-state index < -0.39 is 0 Å². The van der Waals surface area contributed by atoms with Gasteiger partial charge in [0, 0.05) is 5.56 Å². The van der Waals surface area contributed by atoms with Crippen molar-refractivity contribution in [1.29, 1.82) is 0 Å². The van der Waals surface area contributed by atoms with Crippen molar-refractivity contribution in [1.82, 2.24) is 0 Å². The molecule has 0 aliphatic heterocycles. The molecule has 0 radical (unpaired) electrons. The van der Waals surface area contributed by atoms with Crippen molar-refractivity contribution >= 4 is 42.6 Å². The van der Waals surface area contributed by atoms with Crippen LogP contribution < -0.4 is 24.8 Å². The number of allylic oxidation sites excluding steroid dienone is 1. The van der Waals surface area contributed by atoms with Crippen LogP contribution in [0.25, 0.3) is 11.0 Å². The van der Waals surface area contributed by atoms with Gasteiger partial charge in [-0.2, -0.15) is 0 Å². The first kappa shape index (κ1) is 27.3. The fourth-order valence-corrected chi connectivity index (χ4v) is 2.99. The van der Waals surface area contributed by atoms with Crippen LogP contribution in [0.4, 0.5) is 11.4 Å². The predicted molar refractivity (Wildman–Crippen MR) is 129 cm³/mol. The summed E-state index contributed by atoms with van der Waals surface area (Å²) in [5.74, 6) is 0. The van der Waals surface area contributed by atoms with Gasteiger partial charge in [-0.1, -0.05) is 109 Å². The molecule has 0 unspecified atom stereocenters. The third-order valence-corrected chi connectivity index (χ3v) is 4.42. The molecule has 0 aliphatic rings. The maximum Gasteiger partial charge on any atom is 3.00 e. The Hall–Kier alpha value is -2.69. The zero-order chi connectivity index (χ0) is 19.7. The van der Waals surface area contributed by atoms with Gasteiger partial charge in [-0.05, 0) is 23.8 Å². The summed E-state index contributed by atoms with van der Waals surface area (Å²) in [6.07, 6.45) is 2.06. The molecule has 0 saturated carbocycles. The molecule has 0 aliphatic carbocycles. The number of rotatable bonds is 6. The quantitative estimate of drug-likeness (QED) is 0.273. The monoisotopic (exact) mass is 512 g/mol. The minimum Gasteiger partial charge on any atom is -1.00 e. The molecule has 4 aromatic carbocycles. The van der Waals surface area contributed by atoms with E-state index in [-0.39, 0.29) is 44.6 Å². The minimum absolute atomic E-state index is 0. The summed E-state index contributed by atoms with van der Waals surface area (Å²) in [5, 5.41) is 4.92. The van der Waals surface area contributed by atoms with Gasteiger partial charge >= 0.3 is 19.8 Å². The molecule has 5 heteroatoms. The van der Waals surface area contributed by atoms with Gasteiger partial charge in [0.05, 0.1) is 11.4 Å². The fraction of sp³-hybridized carbons (Fsp3) is 0. The van der Waals surface area contributed by atoms with Crippen LogP contribution in [0, 0.1) is 0 Å². The first-order valence-electron chi connectivity index (χ1n) is 9.61. The van der Waals surface area contributed by atoms with Crippen LogP contribution in [0.3, 0.4) is 0 Å². The van der Waals surface area contributed by atoms with E-state index in [0.717, 1.165) is 33.9 Å². The molecule has 0 atom stereocenters. The molecule has 4 rings (SSSR count). The summed E-state index contributed by atoms with van der Waals surface area (Å²) in [4.78, 5) is 4.92. The first-order chi connectivity index (χ1) is 14.4. The van der Waals surface area contributed by atoms with Gasteiger partial charge in [0.1, 0.15) is 0 Å². The summed E-state index contributed by atoms with van der Waals surface area (Å²) >= 11 is 0. The second-order valence-electron chi connectivity index (χ2n) is 6.54. The molecule has 4 aromatic rings. The van der Waals surface area contributed by atoms with E-state index in [0.29, 0.717) is 0 Å². The molecular weight excluding hydrogens is 493 g/mol. The average molecular weight is 514 g/mol. The normalized spacial score (nSPS) is 10.8. The van der Waals surface area contributed by atoms with Crippen LogP contribution >= 0.6 is 0 Å². The molecule has 0 saturated heterocycles. The number of nitrogens with zero attached hydrogens (tertiary/aromatic N) is 2. The van der Waals surface area contributed by atoms with Crippen LogP contribution in [-0.4, -0.2) is 25.5 Å². The molecule has 0 bridgehead atoms. The van der Waals surface area contributed by atoms with Crippen molar-refractivity contribution in [3.05, 3.63) is 144 Å². The van der Waals surface area contributed by atoms with Crippen molar-refractivity contribution in [2.75, 3.05) is 0 Å². The Bertz CT molecular complexity index is 1100. The van der Waals surface area contributed by atoms with E-state index in [2.05, 4.69) is 30.3 Å². The van der Waals surface area contributed by atoms with E-state index in [1.807, 2.05) is 97.1 Å². The zero-order valence-corrected chi connectivity index (χ0v) is 21.3. The van der Waals surface area contributed by atoms with Crippen LogP contribution in [0.5, 0.6) is 0 Å². The molecule has 0 heterocycles. The van der Waals surface area contributed by atoms with E-state index in [9.17, 15) is 0 Å². The molecular formula is C27H21Cl2GaN2. The molecule has 0 fully saturated rings. The van der Waals surface area contributed by atoms with Crippen LogP contribution in [0.1, 0.15) is 11.1 Å². The Kier molecular flexibility index (Phi) is 12.3. The van der Waals surface area contributed by atoms with E-state index in [4.69, 9.17) is 10.3 Å². The summed E-state index contributed by atoms with van der Waals surface area (Å²) in [6.45, 7) is 0. The molecule has 32 heavy (non-hydrogen) atoms. The van der Waals surface area contributed by atoms with Crippen molar-refractivity contribution in [3.8, 4) is 0 Å². The smallest absolute Gasteiger partial charge is 1.00 e. The Labute approximate surface area is 215 Å².